The summed E-state index contributed by atoms with van der Waals surface area (Å²) in [5.74, 6) is 0. The molecular formula is C11H15N3O3S. The number of aliphatic hydroxyl groups is 1. The van der Waals surface area contributed by atoms with Crippen molar-refractivity contribution < 1.29 is 13.5 Å². The zero-order valence-electron chi connectivity index (χ0n) is 9.92. The summed E-state index contributed by atoms with van der Waals surface area (Å²) in [4.78, 5) is -0.133. The second-order valence-electron chi connectivity index (χ2n) is 3.78. The molecule has 0 aliphatic heterocycles. The van der Waals surface area contributed by atoms with Gasteiger partial charge in [0.25, 0.3) is 0 Å². The van der Waals surface area contributed by atoms with Crippen LogP contribution >= 0.6 is 0 Å². The van der Waals surface area contributed by atoms with Gasteiger partial charge in [-0.2, -0.15) is 5.26 Å². The van der Waals surface area contributed by atoms with Gasteiger partial charge in [0.2, 0.25) is 10.0 Å². The van der Waals surface area contributed by atoms with E-state index in [0.717, 1.165) is 0 Å². The Morgan fingerprint density at radius 1 is 1.56 bits per heavy atom. The SMILES string of the molecule is CC[C@H](CO)NS(=O)(=O)c1ccc(N)cc1C#N. The Kier molecular flexibility index (Phi) is 4.67. The number of anilines is 1. The first-order valence-corrected chi connectivity index (χ1v) is 6.85. The van der Waals surface area contributed by atoms with Crippen LogP contribution in [0.1, 0.15) is 18.9 Å². The van der Waals surface area contributed by atoms with Crippen LogP contribution in [0, 0.1) is 11.3 Å². The molecule has 1 atom stereocenters. The number of nitrogen functional groups attached to an aromatic ring is 1. The van der Waals surface area contributed by atoms with E-state index >= 15 is 0 Å². The largest absolute Gasteiger partial charge is 0.399 e. The van der Waals surface area contributed by atoms with Crippen molar-refractivity contribution in [3.05, 3.63) is 23.8 Å². The average Bonchev–Trinajstić information content (AvgIpc) is 2.35. The van der Waals surface area contributed by atoms with Gasteiger partial charge in [0.05, 0.1) is 17.1 Å². The lowest BCUT2D eigenvalue weighted by molar-refractivity contribution is 0.254. The van der Waals surface area contributed by atoms with Gasteiger partial charge in [-0.1, -0.05) is 6.92 Å². The molecule has 0 aromatic heterocycles. The van der Waals surface area contributed by atoms with Crippen LogP contribution in [0.2, 0.25) is 0 Å². The van der Waals surface area contributed by atoms with Gasteiger partial charge in [0, 0.05) is 11.7 Å². The number of nitrogens with two attached hydrogens (primary N) is 1. The van der Waals surface area contributed by atoms with E-state index in [1.165, 1.54) is 18.2 Å². The summed E-state index contributed by atoms with van der Waals surface area (Å²) in [6.45, 7) is 1.45. The first-order chi connectivity index (χ1) is 8.44. The lowest BCUT2D eigenvalue weighted by Crippen LogP contribution is -2.37. The molecule has 6 nitrogen and oxygen atoms in total. The molecular weight excluding hydrogens is 254 g/mol. The molecule has 1 aromatic carbocycles. The van der Waals surface area contributed by atoms with E-state index in [0.29, 0.717) is 12.1 Å². The number of aliphatic hydroxyl groups excluding tert-OH is 1. The molecule has 0 unspecified atom stereocenters. The van der Waals surface area contributed by atoms with Crippen LogP contribution in [-0.4, -0.2) is 26.2 Å². The first-order valence-electron chi connectivity index (χ1n) is 5.37. The van der Waals surface area contributed by atoms with Crippen LogP contribution in [0.25, 0.3) is 0 Å². The predicted octanol–water partition coefficient (Wildman–Crippen LogP) is 0.190. The third-order valence-corrected chi connectivity index (χ3v) is 4.03. The van der Waals surface area contributed by atoms with Crippen LogP contribution < -0.4 is 10.5 Å². The second-order valence-corrected chi connectivity index (χ2v) is 5.46. The molecule has 4 N–H and O–H groups in total. The fourth-order valence-corrected chi connectivity index (χ4v) is 2.85. The summed E-state index contributed by atoms with van der Waals surface area (Å²) < 4.78 is 26.4. The quantitative estimate of drug-likeness (QED) is 0.660. The van der Waals surface area contributed by atoms with Gasteiger partial charge in [-0.3, -0.25) is 0 Å². The van der Waals surface area contributed by atoms with Crippen molar-refractivity contribution in [1.82, 2.24) is 4.72 Å². The fraction of sp³-hybridized carbons (Fsp3) is 0.364. The molecule has 1 rings (SSSR count). The molecule has 18 heavy (non-hydrogen) atoms. The summed E-state index contributed by atoms with van der Waals surface area (Å²) >= 11 is 0. The Bertz CT molecular complexity index is 559. The highest BCUT2D eigenvalue weighted by atomic mass is 32.2. The Morgan fingerprint density at radius 2 is 2.22 bits per heavy atom. The monoisotopic (exact) mass is 269 g/mol. The van der Waals surface area contributed by atoms with Gasteiger partial charge in [-0.05, 0) is 24.6 Å². The molecule has 0 saturated heterocycles. The maximum Gasteiger partial charge on any atom is 0.242 e. The number of nitrogens with zero attached hydrogens (tertiary/aromatic N) is 1. The van der Waals surface area contributed by atoms with Gasteiger partial charge in [0.1, 0.15) is 6.07 Å². The maximum atomic E-state index is 12.0. The van der Waals surface area contributed by atoms with Crippen molar-refractivity contribution in [2.75, 3.05) is 12.3 Å². The highest BCUT2D eigenvalue weighted by Crippen LogP contribution is 2.18. The van der Waals surface area contributed by atoms with E-state index in [4.69, 9.17) is 16.1 Å². The van der Waals surface area contributed by atoms with Gasteiger partial charge in [-0.25, -0.2) is 13.1 Å². The Labute approximate surface area is 106 Å². The summed E-state index contributed by atoms with van der Waals surface area (Å²) in [6, 6.07) is 5.21. The van der Waals surface area contributed by atoms with E-state index < -0.39 is 16.1 Å². The van der Waals surface area contributed by atoms with Gasteiger partial charge in [0.15, 0.2) is 0 Å². The molecule has 1 aromatic rings. The molecule has 0 aliphatic rings. The molecule has 0 fully saturated rings. The lowest BCUT2D eigenvalue weighted by atomic mass is 10.2. The molecule has 0 aliphatic carbocycles. The van der Waals surface area contributed by atoms with E-state index in [1.807, 2.05) is 0 Å². The van der Waals surface area contributed by atoms with Crippen molar-refractivity contribution in [3.63, 3.8) is 0 Å². The maximum absolute atomic E-state index is 12.0. The van der Waals surface area contributed by atoms with Crippen molar-refractivity contribution >= 4 is 15.7 Å². The minimum absolute atomic E-state index is 0.0182. The van der Waals surface area contributed by atoms with Crippen LogP contribution in [0.3, 0.4) is 0 Å². The van der Waals surface area contributed by atoms with Crippen molar-refractivity contribution in [3.8, 4) is 6.07 Å². The van der Waals surface area contributed by atoms with Crippen LogP contribution in [0.5, 0.6) is 0 Å². The minimum atomic E-state index is -3.83. The summed E-state index contributed by atoms with van der Waals surface area (Å²) in [5.41, 5.74) is 5.79. The molecule has 0 bridgehead atoms. The average molecular weight is 269 g/mol. The fourth-order valence-electron chi connectivity index (χ4n) is 1.40. The Balaban J connectivity index is 3.17. The molecule has 98 valence electrons. The third kappa shape index (κ3) is 3.20. The van der Waals surface area contributed by atoms with Crippen LogP contribution in [0.15, 0.2) is 23.1 Å². The van der Waals surface area contributed by atoms with Crippen LogP contribution in [0.4, 0.5) is 5.69 Å². The zero-order valence-corrected chi connectivity index (χ0v) is 10.7. The van der Waals surface area contributed by atoms with Crippen molar-refractivity contribution in [1.29, 1.82) is 5.26 Å². The van der Waals surface area contributed by atoms with E-state index in [1.54, 1.807) is 13.0 Å². The Hall–Kier alpha value is -1.62. The first kappa shape index (κ1) is 14.4. The summed E-state index contributed by atoms with van der Waals surface area (Å²) in [7, 11) is -3.83. The number of rotatable bonds is 5. The number of hydrogen-bond acceptors (Lipinski definition) is 5. The highest BCUT2D eigenvalue weighted by Gasteiger charge is 2.21. The van der Waals surface area contributed by atoms with Crippen LogP contribution in [-0.2, 0) is 10.0 Å². The van der Waals surface area contributed by atoms with E-state index in [9.17, 15) is 8.42 Å². The molecule has 0 saturated carbocycles. The number of benzene rings is 1. The summed E-state index contributed by atoms with van der Waals surface area (Å²) in [5, 5.41) is 17.9. The normalized spacial score (nSPS) is 12.9. The molecule has 0 heterocycles. The molecule has 0 amide bonds. The van der Waals surface area contributed by atoms with E-state index in [-0.39, 0.29) is 17.1 Å². The van der Waals surface area contributed by atoms with Crippen molar-refractivity contribution in [2.24, 2.45) is 0 Å². The van der Waals surface area contributed by atoms with Gasteiger partial charge < -0.3 is 10.8 Å². The molecule has 7 heteroatoms. The predicted molar refractivity (Wildman–Crippen MR) is 67.1 cm³/mol. The number of nitriles is 1. The summed E-state index contributed by atoms with van der Waals surface area (Å²) in [6.07, 6.45) is 0.451. The number of nitrogens with one attached hydrogen (secondary N) is 1. The standard InChI is InChI=1S/C11H15N3O3S/c1-2-10(7-15)14-18(16,17)11-4-3-9(13)5-8(11)6-12/h3-5,10,14-15H,2,7,13H2,1H3/t10-/m1/s1. The van der Waals surface area contributed by atoms with Crippen molar-refractivity contribution in [2.45, 2.75) is 24.3 Å². The molecule has 0 spiro atoms. The lowest BCUT2D eigenvalue weighted by Gasteiger charge is -2.15. The van der Waals surface area contributed by atoms with E-state index in [2.05, 4.69) is 4.72 Å². The minimum Gasteiger partial charge on any atom is -0.399 e. The van der Waals surface area contributed by atoms with Gasteiger partial charge in [-0.15, -0.1) is 0 Å². The topological polar surface area (TPSA) is 116 Å². The zero-order chi connectivity index (χ0) is 13.8. The number of sulfonamides is 1. The Morgan fingerprint density at radius 3 is 2.72 bits per heavy atom. The highest BCUT2D eigenvalue weighted by molar-refractivity contribution is 7.89. The smallest absolute Gasteiger partial charge is 0.242 e. The van der Waals surface area contributed by atoms with Gasteiger partial charge >= 0.3 is 0 Å². The molecule has 0 radical (unpaired) electrons. The number of hydrogen-bond donors (Lipinski definition) is 3. The second kappa shape index (κ2) is 5.82. The third-order valence-electron chi connectivity index (χ3n) is 2.45.